The third-order valence-electron chi connectivity index (χ3n) is 2.11. The van der Waals surface area contributed by atoms with Crippen LogP contribution in [-0.2, 0) is 0 Å². The zero-order valence-corrected chi connectivity index (χ0v) is 4.59. The Morgan fingerprint density at radius 3 is 2.75 bits per heavy atom. The van der Waals surface area contributed by atoms with E-state index in [1.807, 2.05) is 0 Å². The molecule has 8 heavy (non-hydrogen) atoms. The Morgan fingerprint density at radius 2 is 2.50 bits per heavy atom. The number of nitrogens with one attached hydrogen (secondary N) is 1. The van der Waals surface area contributed by atoms with E-state index < -0.39 is 0 Å². The van der Waals surface area contributed by atoms with Crippen molar-refractivity contribution in [2.45, 2.75) is 12.6 Å². The standard InChI is InChI=1S/C6H8N2/c1-7-6-5-2-4(5)3-8-6/h4-6,8H,2-3H2/t4-,5-,6?/m0/s1. The van der Waals surface area contributed by atoms with Crippen LogP contribution in [0.5, 0.6) is 0 Å². The van der Waals surface area contributed by atoms with Gasteiger partial charge in [0, 0.05) is 6.54 Å². The van der Waals surface area contributed by atoms with Crippen LogP contribution in [0.3, 0.4) is 0 Å². The van der Waals surface area contributed by atoms with Crippen molar-refractivity contribution in [3.05, 3.63) is 11.4 Å². The molecule has 0 amide bonds. The van der Waals surface area contributed by atoms with Crippen molar-refractivity contribution in [3.63, 3.8) is 0 Å². The highest BCUT2D eigenvalue weighted by molar-refractivity contribution is 5.05. The molecule has 2 aliphatic rings. The lowest BCUT2D eigenvalue weighted by atomic mass is 10.3. The Balaban J connectivity index is 2.09. The van der Waals surface area contributed by atoms with Crippen molar-refractivity contribution in [3.8, 4) is 0 Å². The fraction of sp³-hybridized carbons (Fsp3) is 0.833. The number of piperidine rings is 1. The van der Waals surface area contributed by atoms with E-state index in [2.05, 4.69) is 10.2 Å². The van der Waals surface area contributed by atoms with E-state index in [0.717, 1.165) is 18.4 Å². The SMILES string of the molecule is [C-]#[N+]C1NC[C@@H]2C[C@H]12. The molecule has 0 spiro atoms. The summed E-state index contributed by atoms with van der Waals surface area (Å²) in [6.07, 6.45) is 1.49. The minimum Gasteiger partial charge on any atom is -0.296 e. The molecular formula is C6H8N2. The summed E-state index contributed by atoms with van der Waals surface area (Å²) >= 11 is 0. The van der Waals surface area contributed by atoms with Crippen LogP contribution in [0, 0.1) is 18.4 Å². The predicted octanol–water partition coefficient (Wildman–Crippen LogP) is 0.471. The minimum atomic E-state index is 0.181. The highest BCUT2D eigenvalue weighted by Gasteiger charge is 2.52. The molecule has 1 aliphatic heterocycles. The van der Waals surface area contributed by atoms with Gasteiger partial charge in [0.15, 0.2) is 0 Å². The molecule has 1 saturated carbocycles. The monoisotopic (exact) mass is 108 g/mol. The number of rotatable bonds is 0. The van der Waals surface area contributed by atoms with Crippen LogP contribution in [0.15, 0.2) is 0 Å². The first-order valence-electron chi connectivity index (χ1n) is 3.02. The molecule has 3 atom stereocenters. The van der Waals surface area contributed by atoms with Crippen molar-refractivity contribution in [1.82, 2.24) is 5.32 Å². The summed E-state index contributed by atoms with van der Waals surface area (Å²) in [5.41, 5.74) is 0. The molecule has 1 aliphatic carbocycles. The lowest BCUT2D eigenvalue weighted by molar-refractivity contribution is 0.626. The maximum atomic E-state index is 6.72. The fourth-order valence-corrected chi connectivity index (χ4v) is 1.46. The smallest absolute Gasteiger partial charge is 0.280 e. The first-order valence-corrected chi connectivity index (χ1v) is 3.02. The summed E-state index contributed by atoms with van der Waals surface area (Å²) in [5.74, 6) is 1.60. The molecular weight excluding hydrogens is 100 g/mol. The van der Waals surface area contributed by atoms with Gasteiger partial charge in [0.2, 0.25) is 0 Å². The summed E-state index contributed by atoms with van der Waals surface area (Å²) in [5, 5.41) is 3.15. The van der Waals surface area contributed by atoms with Gasteiger partial charge in [-0.3, -0.25) is 4.85 Å². The van der Waals surface area contributed by atoms with Gasteiger partial charge < -0.3 is 0 Å². The van der Waals surface area contributed by atoms with Crippen molar-refractivity contribution in [2.24, 2.45) is 11.8 Å². The molecule has 0 aromatic carbocycles. The summed E-state index contributed by atoms with van der Waals surface area (Å²) in [4.78, 5) is 3.45. The third kappa shape index (κ3) is 0.399. The Kier molecular flexibility index (Phi) is 0.671. The van der Waals surface area contributed by atoms with E-state index in [4.69, 9.17) is 6.57 Å². The van der Waals surface area contributed by atoms with Gasteiger partial charge in [0.05, 0.1) is 5.92 Å². The lowest BCUT2D eigenvalue weighted by Crippen LogP contribution is -2.21. The van der Waals surface area contributed by atoms with E-state index in [9.17, 15) is 0 Å². The second-order valence-electron chi connectivity index (χ2n) is 2.64. The molecule has 1 heterocycles. The molecule has 42 valence electrons. The summed E-state index contributed by atoms with van der Waals surface area (Å²) in [6.45, 7) is 7.81. The van der Waals surface area contributed by atoms with Gasteiger partial charge in [0.1, 0.15) is 0 Å². The maximum absolute atomic E-state index is 6.72. The van der Waals surface area contributed by atoms with Gasteiger partial charge in [-0.2, -0.15) is 0 Å². The van der Waals surface area contributed by atoms with Crippen LogP contribution in [0.1, 0.15) is 6.42 Å². The molecule has 2 rings (SSSR count). The van der Waals surface area contributed by atoms with E-state index in [-0.39, 0.29) is 6.17 Å². The number of nitrogens with zero attached hydrogens (tertiary/aromatic N) is 1. The average molecular weight is 108 g/mol. The fourth-order valence-electron chi connectivity index (χ4n) is 1.46. The largest absolute Gasteiger partial charge is 0.296 e. The van der Waals surface area contributed by atoms with E-state index in [1.54, 1.807) is 0 Å². The van der Waals surface area contributed by atoms with Crippen LogP contribution >= 0.6 is 0 Å². The topological polar surface area (TPSA) is 16.4 Å². The Hall–Kier alpha value is -0.550. The number of fused-ring (bicyclic) bond motifs is 1. The number of hydrogen-bond donors (Lipinski definition) is 1. The molecule has 0 bridgehead atoms. The molecule has 2 heteroatoms. The Bertz CT molecular complexity index is 147. The van der Waals surface area contributed by atoms with Gasteiger partial charge >= 0.3 is 0 Å². The first-order chi connectivity index (χ1) is 3.92. The molecule has 0 aromatic rings. The van der Waals surface area contributed by atoms with Crippen LogP contribution in [0.25, 0.3) is 4.85 Å². The zero-order chi connectivity index (χ0) is 5.56. The Labute approximate surface area is 48.7 Å². The normalized spacial score (nSPS) is 50.1. The quantitative estimate of drug-likeness (QED) is 0.446. The summed E-state index contributed by atoms with van der Waals surface area (Å²) in [7, 11) is 0. The first kappa shape index (κ1) is 4.34. The highest BCUT2D eigenvalue weighted by atomic mass is 15.1. The maximum Gasteiger partial charge on any atom is 0.280 e. The van der Waals surface area contributed by atoms with E-state index in [1.165, 1.54) is 6.42 Å². The predicted molar refractivity (Wildman–Crippen MR) is 30.0 cm³/mol. The third-order valence-corrected chi connectivity index (χ3v) is 2.11. The second kappa shape index (κ2) is 1.24. The summed E-state index contributed by atoms with van der Waals surface area (Å²) < 4.78 is 0. The highest BCUT2D eigenvalue weighted by Crippen LogP contribution is 2.45. The molecule has 2 fully saturated rings. The van der Waals surface area contributed by atoms with Gasteiger partial charge in [-0.1, -0.05) is 0 Å². The number of hydrogen-bond acceptors (Lipinski definition) is 1. The van der Waals surface area contributed by atoms with E-state index >= 15 is 0 Å². The summed E-state index contributed by atoms with van der Waals surface area (Å²) in [6, 6.07) is 0. The van der Waals surface area contributed by atoms with Gasteiger partial charge in [-0.25, -0.2) is 11.9 Å². The van der Waals surface area contributed by atoms with Crippen molar-refractivity contribution in [1.29, 1.82) is 0 Å². The zero-order valence-electron chi connectivity index (χ0n) is 4.59. The van der Waals surface area contributed by atoms with Gasteiger partial charge in [0.25, 0.3) is 6.17 Å². The molecule has 0 radical (unpaired) electrons. The molecule has 1 saturated heterocycles. The minimum absolute atomic E-state index is 0.181. The molecule has 1 unspecified atom stereocenters. The second-order valence-corrected chi connectivity index (χ2v) is 2.64. The molecule has 2 nitrogen and oxygen atoms in total. The lowest BCUT2D eigenvalue weighted by Gasteiger charge is -1.95. The van der Waals surface area contributed by atoms with Gasteiger partial charge in [-0.05, 0) is 12.3 Å². The Morgan fingerprint density at radius 1 is 1.62 bits per heavy atom. The van der Waals surface area contributed by atoms with Crippen molar-refractivity contribution in [2.75, 3.05) is 6.54 Å². The van der Waals surface area contributed by atoms with E-state index in [0.29, 0.717) is 0 Å². The van der Waals surface area contributed by atoms with Gasteiger partial charge in [-0.15, -0.1) is 0 Å². The van der Waals surface area contributed by atoms with Crippen molar-refractivity contribution < 1.29 is 0 Å². The van der Waals surface area contributed by atoms with Crippen molar-refractivity contribution >= 4 is 0 Å². The van der Waals surface area contributed by atoms with Crippen LogP contribution in [0.2, 0.25) is 0 Å². The van der Waals surface area contributed by atoms with Crippen LogP contribution in [-0.4, -0.2) is 12.7 Å². The van der Waals surface area contributed by atoms with Crippen LogP contribution < -0.4 is 5.32 Å². The average Bonchev–Trinajstić information content (AvgIpc) is 2.46. The van der Waals surface area contributed by atoms with Crippen LogP contribution in [0.4, 0.5) is 0 Å². The molecule has 1 N–H and O–H groups in total. The molecule has 0 aromatic heterocycles.